The molecule has 1 aliphatic rings. The standard InChI is InChI=1S/C16H19N3S2/c1-11-14(12-6-4-3-5-7-12)17-15(18-16(11)20)13-10-21-9-8-19(13)2/h3-7,13H,8-10H2,1-2H3,(H,17,18,20). The third kappa shape index (κ3) is 3.05. The second-order valence-electron chi connectivity index (χ2n) is 5.36. The summed E-state index contributed by atoms with van der Waals surface area (Å²) in [5, 5.41) is 0. The molecule has 1 atom stereocenters. The van der Waals surface area contributed by atoms with E-state index in [1.54, 1.807) is 0 Å². The Labute approximate surface area is 134 Å². The summed E-state index contributed by atoms with van der Waals surface area (Å²) >= 11 is 7.46. The Bertz CT molecular complexity index is 682. The number of H-pyrrole nitrogens is 1. The molecule has 2 heterocycles. The SMILES string of the molecule is Cc1c(-c2ccccc2)[nH]c(C2CSCCN2C)nc1=S. The first kappa shape index (κ1) is 14.8. The smallest absolute Gasteiger partial charge is 0.133 e. The fourth-order valence-electron chi connectivity index (χ4n) is 2.58. The Morgan fingerprint density at radius 1 is 1.33 bits per heavy atom. The molecule has 0 saturated carbocycles. The first-order valence-electron chi connectivity index (χ1n) is 7.11. The molecule has 0 bridgehead atoms. The Hall–Kier alpha value is -1.17. The highest BCUT2D eigenvalue weighted by Gasteiger charge is 2.24. The molecule has 5 heteroatoms. The lowest BCUT2D eigenvalue weighted by Crippen LogP contribution is -2.34. The van der Waals surface area contributed by atoms with Crippen LogP contribution in [-0.4, -0.2) is 40.0 Å². The minimum atomic E-state index is 0.313. The van der Waals surface area contributed by atoms with Gasteiger partial charge in [0.1, 0.15) is 10.5 Å². The summed E-state index contributed by atoms with van der Waals surface area (Å²) in [6, 6.07) is 10.7. The number of aromatic nitrogens is 2. The normalized spacial score (nSPS) is 19.6. The number of hydrogen-bond donors (Lipinski definition) is 1. The summed E-state index contributed by atoms with van der Waals surface area (Å²) in [5.41, 5.74) is 3.30. The van der Waals surface area contributed by atoms with Crippen molar-refractivity contribution in [2.24, 2.45) is 0 Å². The second kappa shape index (κ2) is 6.30. The number of nitrogens with zero attached hydrogens (tertiary/aromatic N) is 2. The number of aromatic amines is 1. The average molecular weight is 317 g/mol. The minimum Gasteiger partial charge on any atom is -0.342 e. The Balaban J connectivity index is 2.08. The van der Waals surface area contributed by atoms with Gasteiger partial charge in [-0.15, -0.1) is 0 Å². The molecule has 0 radical (unpaired) electrons. The third-order valence-corrected chi connectivity index (χ3v) is 5.37. The van der Waals surface area contributed by atoms with Crippen LogP contribution in [0.2, 0.25) is 0 Å². The maximum Gasteiger partial charge on any atom is 0.133 e. The number of hydrogen-bond acceptors (Lipinski definition) is 4. The lowest BCUT2D eigenvalue weighted by atomic mass is 10.1. The molecule has 1 aromatic carbocycles. The van der Waals surface area contributed by atoms with Crippen molar-refractivity contribution in [1.29, 1.82) is 0 Å². The van der Waals surface area contributed by atoms with E-state index in [0.29, 0.717) is 10.7 Å². The molecule has 0 amide bonds. The highest BCUT2D eigenvalue weighted by Crippen LogP contribution is 2.29. The van der Waals surface area contributed by atoms with Crippen molar-refractivity contribution in [2.75, 3.05) is 25.1 Å². The van der Waals surface area contributed by atoms with Crippen molar-refractivity contribution < 1.29 is 0 Å². The van der Waals surface area contributed by atoms with Crippen LogP contribution >= 0.6 is 24.0 Å². The molecule has 0 spiro atoms. The van der Waals surface area contributed by atoms with E-state index in [2.05, 4.69) is 34.0 Å². The van der Waals surface area contributed by atoms with E-state index < -0.39 is 0 Å². The molecule has 3 rings (SSSR count). The van der Waals surface area contributed by atoms with E-state index in [1.165, 1.54) is 5.75 Å². The summed E-state index contributed by atoms with van der Waals surface area (Å²) in [5.74, 6) is 3.23. The van der Waals surface area contributed by atoms with Crippen LogP contribution in [-0.2, 0) is 0 Å². The van der Waals surface area contributed by atoms with Gasteiger partial charge in [0.2, 0.25) is 0 Å². The highest BCUT2D eigenvalue weighted by atomic mass is 32.2. The summed E-state index contributed by atoms with van der Waals surface area (Å²) in [6.07, 6.45) is 0. The van der Waals surface area contributed by atoms with Gasteiger partial charge in [-0.25, -0.2) is 4.98 Å². The van der Waals surface area contributed by atoms with Gasteiger partial charge in [0.15, 0.2) is 0 Å². The molecular weight excluding hydrogens is 298 g/mol. The lowest BCUT2D eigenvalue weighted by Gasteiger charge is -2.31. The second-order valence-corrected chi connectivity index (χ2v) is 6.90. The molecule has 1 unspecified atom stereocenters. The predicted octanol–water partition coefficient (Wildman–Crippen LogP) is 3.83. The van der Waals surface area contributed by atoms with Crippen LogP contribution in [0.5, 0.6) is 0 Å². The van der Waals surface area contributed by atoms with E-state index in [1.807, 2.05) is 36.9 Å². The molecule has 1 aromatic heterocycles. The predicted molar refractivity (Wildman–Crippen MR) is 92.3 cm³/mol. The molecular formula is C16H19N3S2. The number of rotatable bonds is 2. The van der Waals surface area contributed by atoms with Crippen molar-refractivity contribution in [2.45, 2.75) is 13.0 Å². The maximum atomic E-state index is 5.48. The molecule has 1 aliphatic heterocycles. The van der Waals surface area contributed by atoms with Crippen molar-refractivity contribution in [3.05, 3.63) is 46.4 Å². The zero-order valence-corrected chi connectivity index (χ0v) is 13.9. The van der Waals surface area contributed by atoms with Crippen LogP contribution in [0.1, 0.15) is 17.4 Å². The molecule has 1 N–H and O–H groups in total. The van der Waals surface area contributed by atoms with Gasteiger partial charge in [0.05, 0.1) is 11.7 Å². The summed E-state index contributed by atoms with van der Waals surface area (Å²) in [4.78, 5) is 10.5. The Morgan fingerprint density at radius 3 is 2.81 bits per heavy atom. The molecule has 3 nitrogen and oxygen atoms in total. The first-order valence-corrected chi connectivity index (χ1v) is 8.67. The number of benzene rings is 1. The van der Waals surface area contributed by atoms with Gasteiger partial charge in [0, 0.05) is 23.6 Å². The fraction of sp³-hybridized carbons (Fsp3) is 0.375. The number of nitrogens with one attached hydrogen (secondary N) is 1. The lowest BCUT2D eigenvalue weighted by molar-refractivity contribution is 0.264. The van der Waals surface area contributed by atoms with Crippen LogP contribution in [0.15, 0.2) is 30.3 Å². The summed E-state index contributed by atoms with van der Waals surface area (Å²) < 4.78 is 0.701. The van der Waals surface area contributed by atoms with E-state index in [9.17, 15) is 0 Å². The van der Waals surface area contributed by atoms with Crippen LogP contribution in [0.4, 0.5) is 0 Å². The third-order valence-electron chi connectivity index (χ3n) is 3.95. The Morgan fingerprint density at radius 2 is 2.10 bits per heavy atom. The zero-order chi connectivity index (χ0) is 14.8. The molecule has 2 aromatic rings. The highest BCUT2D eigenvalue weighted by molar-refractivity contribution is 7.99. The van der Waals surface area contributed by atoms with E-state index >= 15 is 0 Å². The van der Waals surface area contributed by atoms with Gasteiger partial charge in [-0.3, -0.25) is 4.90 Å². The molecule has 1 saturated heterocycles. The zero-order valence-electron chi connectivity index (χ0n) is 12.3. The van der Waals surface area contributed by atoms with Gasteiger partial charge in [-0.1, -0.05) is 42.5 Å². The topological polar surface area (TPSA) is 31.9 Å². The van der Waals surface area contributed by atoms with E-state index in [0.717, 1.165) is 34.9 Å². The van der Waals surface area contributed by atoms with Gasteiger partial charge in [-0.05, 0) is 19.5 Å². The maximum absolute atomic E-state index is 5.48. The van der Waals surface area contributed by atoms with Gasteiger partial charge >= 0.3 is 0 Å². The van der Waals surface area contributed by atoms with Crippen molar-refractivity contribution >= 4 is 24.0 Å². The van der Waals surface area contributed by atoms with E-state index in [-0.39, 0.29) is 0 Å². The molecule has 0 aliphatic carbocycles. The monoisotopic (exact) mass is 317 g/mol. The number of thioether (sulfide) groups is 1. The minimum absolute atomic E-state index is 0.313. The fourth-order valence-corrected chi connectivity index (χ4v) is 4.00. The molecule has 1 fully saturated rings. The Kier molecular flexibility index (Phi) is 4.42. The van der Waals surface area contributed by atoms with Crippen LogP contribution in [0.25, 0.3) is 11.3 Å². The van der Waals surface area contributed by atoms with Crippen LogP contribution < -0.4 is 0 Å². The van der Waals surface area contributed by atoms with Gasteiger partial charge in [-0.2, -0.15) is 11.8 Å². The van der Waals surface area contributed by atoms with Crippen LogP contribution in [0, 0.1) is 11.6 Å². The summed E-state index contributed by atoms with van der Waals surface area (Å²) in [6.45, 7) is 3.13. The first-order chi connectivity index (χ1) is 10.2. The van der Waals surface area contributed by atoms with Crippen molar-refractivity contribution in [3.8, 4) is 11.3 Å². The van der Waals surface area contributed by atoms with Gasteiger partial charge < -0.3 is 4.98 Å². The van der Waals surface area contributed by atoms with Gasteiger partial charge in [0.25, 0.3) is 0 Å². The quantitative estimate of drug-likeness (QED) is 0.853. The van der Waals surface area contributed by atoms with Crippen molar-refractivity contribution in [3.63, 3.8) is 0 Å². The van der Waals surface area contributed by atoms with Crippen LogP contribution in [0.3, 0.4) is 0 Å². The largest absolute Gasteiger partial charge is 0.342 e. The van der Waals surface area contributed by atoms with Crippen molar-refractivity contribution in [1.82, 2.24) is 14.9 Å². The molecule has 110 valence electrons. The van der Waals surface area contributed by atoms with E-state index in [4.69, 9.17) is 12.2 Å². The average Bonchev–Trinajstić information content (AvgIpc) is 2.51. The summed E-state index contributed by atoms with van der Waals surface area (Å²) in [7, 11) is 2.16. The molecule has 21 heavy (non-hydrogen) atoms.